The van der Waals surface area contributed by atoms with Crippen LogP contribution in [0.1, 0.15) is 16.1 Å². The van der Waals surface area contributed by atoms with Gasteiger partial charge in [-0.3, -0.25) is 19.7 Å². The van der Waals surface area contributed by atoms with Gasteiger partial charge in [-0.25, -0.2) is 9.50 Å². The van der Waals surface area contributed by atoms with Gasteiger partial charge in [0.15, 0.2) is 11.5 Å². The van der Waals surface area contributed by atoms with Crippen molar-refractivity contribution in [3.63, 3.8) is 0 Å². The Balaban J connectivity index is 1.34. The van der Waals surface area contributed by atoms with Gasteiger partial charge in [-0.2, -0.15) is 0 Å². The van der Waals surface area contributed by atoms with Crippen LogP contribution in [-0.2, 0) is 6.42 Å². The second kappa shape index (κ2) is 9.07. The van der Waals surface area contributed by atoms with Gasteiger partial charge in [0.2, 0.25) is 0 Å². The van der Waals surface area contributed by atoms with Crippen LogP contribution >= 0.6 is 0 Å². The number of aromatic nitrogens is 6. The third-order valence-electron chi connectivity index (χ3n) is 5.50. The van der Waals surface area contributed by atoms with Gasteiger partial charge in [-0.05, 0) is 36.4 Å². The molecule has 0 bridgehead atoms. The fraction of sp³-hybridized carbons (Fsp3) is 0.120. The second-order valence-electron chi connectivity index (χ2n) is 7.82. The number of pyridine rings is 3. The largest absolute Gasteiger partial charge is 0.382 e. The van der Waals surface area contributed by atoms with Crippen LogP contribution in [0.3, 0.4) is 0 Å². The van der Waals surface area contributed by atoms with Crippen LogP contribution in [0.5, 0.6) is 0 Å². The number of fused-ring (bicyclic) bond motifs is 1. The zero-order valence-electron chi connectivity index (χ0n) is 18.5. The van der Waals surface area contributed by atoms with E-state index in [1.54, 1.807) is 53.4 Å². The highest BCUT2D eigenvalue weighted by Gasteiger charge is 2.16. The van der Waals surface area contributed by atoms with Gasteiger partial charge in [0.1, 0.15) is 0 Å². The molecule has 0 radical (unpaired) electrons. The van der Waals surface area contributed by atoms with Crippen LogP contribution in [0.2, 0.25) is 0 Å². The number of hydrogen-bond acceptors (Lipinski definition) is 7. The molecular weight excluding hydrogens is 428 g/mol. The molecule has 0 saturated heterocycles. The highest BCUT2D eigenvalue weighted by Crippen LogP contribution is 2.28. The number of nitrogen functional groups attached to an aromatic ring is 1. The Bertz CT molecular complexity index is 1430. The highest BCUT2D eigenvalue weighted by atomic mass is 16.2. The van der Waals surface area contributed by atoms with E-state index in [2.05, 4.69) is 25.0 Å². The van der Waals surface area contributed by atoms with Crippen molar-refractivity contribution in [2.24, 2.45) is 0 Å². The van der Waals surface area contributed by atoms with E-state index >= 15 is 0 Å². The van der Waals surface area contributed by atoms with E-state index in [-0.39, 0.29) is 5.91 Å². The van der Waals surface area contributed by atoms with Crippen molar-refractivity contribution < 1.29 is 4.79 Å². The van der Waals surface area contributed by atoms with E-state index in [1.807, 2.05) is 42.6 Å². The molecule has 0 unspecified atom stereocenters. The van der Waals surface area contributed by atoms with Crippen LogP contribution in [0.15, 0.2) is 79.5 Å². The SMILES string of the molecule is CN(CCc1ccccn1)C(=O)c1ccc(-c2cnc3c(-c4ccccn4)c(N)nn3c2)nc1. The summed E-state index contributed by atoms with van der Waals surface area (Å²) in [6, 6.07) is 14.9. The van der Waals surface area contributed by atoms with Crippen LogP contribution < -0.4 is 5.73 Å². The number of rotatable bonds is 6. The fourth-order valence-corrected chi connectivity index (χ4v) is 3.68. The summed E-state index contributed by atoms with van der Waals surface area (Å²) in [5.41, 5.74) is 11.1. The smallest absolute Gasteiger partial charge is 0.255 e. The molecule has 5 heterocycles. The Morgan fingerprint density at radius 3 is 2.47 bits per heavy atom. The molecule has 168 valence electrons. The van der Waals surface area contributed by atoms with Gasteiger partial charge < -0.3 is 10.6 Å². The maximum absolute atomic E-state index is 12.8. The molecule has 9 heteroatoms. The van der Waals surface area contributed by atoms with Gasteiger partial charge in [0.25, 0.3) is 5.91 Å². The normalized spacial score (nSPS) is 11.0. The summed E-state index contributed by atoms with van der Waals surface area (Å²) >= 11 is 0. The van der Waals surface area contributed by atoms with Crippen molar-refractivity contribution in [3.8, 4) is 22.5 Å². The molecule has 0 aromatic carbocycles. The van der Waals surface area contributed by atoms with Crippen molar-refractivity contribution in [3.05, 3.63) is 90.8 Å². The van der Waals surface area contributed by atoms with Gasteiger partial charge in [0, 0.05) is 62.3 Å². The molecule has 0 fully saturated rings. The number of nitrogens with zero attached hydrogens (tertiary/aromatic N) is 7. The number of nitrogens with two attached hydrogens (primary N) is 1. The topological polar surface area (TPSA) is 115 Å². The quantitative estimate of drug-likeness (QED) is 0.422. The number of carbonyl (C=O) groups is 1. The van der Waals surface area contributed by atoms with E-state index in [0.717, 1.165) is 11.3 Å². The summed E-state index contributed by atoms with van der Waals surface area (Å²) in [5, 5.41) is 4.39. The van der Waals surface area contributed by atoms with Crippen molar-refractivity contribution in [2.45, 2.75) is 6.42 Å². The number of likely N-dealkylation sites (N-methyl/N-ethyl adjacent to an activating group) is 1. The minimum atomic E-state index is -0.0941. The summed E-state index contributed by atoms with van der Waals surface area (Å²) in [6.07, 6.45) is 9.25. The maximum atomic E-state index is 12.8. The van der Waals surface area contributed by atoms with E-state index in [9.17, 15) is 4.79 Å². The Morgan fingerprint density at radius 2 is 1.76 bits per heavy atom. The zero-order chi connectivity index (χ0) is 23.5. The van der Waals surface area contributed by atoms with E-state index < -0.39 is 0 Å². The average Bonchev–Trinajstić information content (AvgIpc) is 3.23. The predicted octanol–water partition coefficient (Wildman–Crippen LogP) is 3.15. The third kappa shape index (κ3) is 4.18. The fourth-order valence-electron chi connectivity index (χ4n) is 3.68. The van der Waals surface area contributed by atoms with Crippen LogP contribution in [0, 0.1) is 0 Å². The predicted molar refractivity (Wildman–Crippen MR) is 129 cm³/mol. The molecule has 5 rings (SSSR count). The molecule has 0 spiro atoms. The van der Waals surface area contributed by atoms with Crippen molar-refractivity contribution in [1.82, 2.24) is 34.4 Å². The molecular formula is C25H22N8O. The van der Waals surface area contributed by atoms with Crippen molar-refractivity contribution in [1.29, 1.82) is 0 Å². The molecule has 1 amide bonds. The first-order chi connectivity index (χ1) is 16.6. The van der Waals surface area contributed by atoms with E-state index in [0.29, 0.717) is 46.9 Å². The number of hydrogen-bond donors (Lipinski definition) is 1. The van der Waals surface area contributed by atoms with Gasteiger partial charge in [-0.1, -0.05) is 12.1 Å². The summed E-state index contributed by atoms with van der Waals surface area (Å²) in [4.78, 5) is 32.1. The number of amides is 1. The summed E-state index contributed by atoms with van der Waals surface area (Å²) in [6.45, 7) is 0.567. The lowest BCUT2D eigenvalue weighted by Gasteiger charge is -2.17. The number of carbonyl (C=O) groups excluding carboxylic acids is 1. The average molecular weight is 451 g/mol. The molecule has 2 N–H and O–H groups in total. The number of anilines is 1. The molecule has 9 nitrogen and oxygen atoms in total. The van der Waals surface area contributed by atoms with Gasteiger partial charge in [0.05, 0.1) is 22.5 Å². The minimum Gasteiger partial charge on any atom is -0.382 e. The Morgan fingerprint density at radius 1 is 0.941 bits per heavy atom. The maximum Gasteiger partial charge on any atom is 0.255 e. The molecule has 5 aromatic rings. The van der Waals surface area contributed by atoms with Gasteiger partial charge in [-0.15, -0.1) is 5.10 Å². The molecule has 34 heavy (non-hydrogen) atoms. The molecule has 0 saturated carbocycles. The minimum absolute atomic E-state index is 0.0941. The van der Waals surface area contributed by atoms with Gasteiger partial charge >= 0.3 is 0 Å². The second-order valence-corrected chi connectivity index (χ2v) is 7.82. The van der Waals surface area contributed by atoms with Crippen LogP contribution in [-0.4, -0.2) is 53.9 Å². The standard InChI is InChI=1S/C25H22N8O/c1-32(13-10-19-6-2-4-11-27-19)25(34)17-8-9-20(29-14-17)18-15-30-24-22(21-7-3-5-12-28-21)23(26)31-33(24)16-18/h2-9,11-12,14-16H,10,13H2,1H3,(H2,26,31). The lowest BCUT2D eigenvalue weighted by Crippen LogP contribution is -2.29. The molecule has 0 aliphatic carbocycles. The van der Waals surface area contributed by atoms with Crippen LogP contribution in [0.25, 0.3) is 28.2 Å². The highest BCUT2D eigenvalue weighted by molar-refractivity contribution is 5.94. The lowest BCUT2D eigenvalue weighted by molar-refractivity contribution is 0.0796. The van der Waals surface area contributed by atoms with E-state index in [4.69, 9.17) is 5.73 Å². The first-order valence-corrected chi connectivity index (χ1v) is 10.8. The summed E-state index contributed by atoms with van der Waals surface area (Å²) < 4.78 is 1.63. The molecule has 0 atom stereocenters. The molecule has 0 aliphatic heterocycles. The van der Waals surface area contributed by atoms with E-state index in [1.165, 1.54) is 0 Å². The first-order valence-electron chi connectivity index (χ1n) is 10.8. The monoisotopic (exact) mass is 450 g/mol. The Labute approximate surface area is 196 Å². The summed E-state index contributed by atoms with van der Waals surface area (Å²) in [7, 11) is 1.78. The Kier molecular flexibility index (Phi) is 5.65. The Hall–Kier alpha value is -4.66. The summed E-state index contributed by atoms with van der Waals surface area (Å²) in [5.74, 6) is 0.259. The van der Waals surface area contributed by atoms with Crippen LogP contribution in [0.4, 0.5) is 5.82 Å². The zero-order valence-corrected chi connectivity index (χ0v) is 18.5. The third-order valence-corrected chi connectivity index (χ3v) is 5.50. The lowest BCUT2D eigenvalue weighted by atomic mass is 10.1. The molecule has 5 aromatic heterocycles. The molecule has 0 aliphatic rings. The first kappa shape index (κ1) is 21.2. The van der Waals surface area contributed by atoms with Crippen molar-refractivity contribution >= 4 is 17.4 Å². The van der Waals surface area contributed by atoms with Crippen molar-refractivity contribution in [2.75, 3.05) is 19.3 Å².